The van der Waals surface area contributed by atoms with E-state index >= 15 is 0 Å². The number of carbonyl (C=O) groups is 2. The van der Waals surface area contributed by atoms with E-state index in [1.165, 1.54) is 4.90 Å². The number of likely N-dealkylation sites (N-methyl/N-ethyl adjacent to an activating group) is 1. The highest BCUT2D eigenvalue weighted by atomic mass is 32.3. The summed E-state index contributed by atoms with van der Waals surface area (Å²) < 4.78 is 7.51. The summed E-state index contributed by atoms with van der Waals surface area (Å²) in [4.78, 5) is 46.3. The van der Waals surface area contributed by atoms with Gasteiger partial charge < -0.3 is 10.1 Å². The molecule has 2 amide bonds. The maximum Gasteiger partial charge on any atom is 0.410 e. The van der Waals surface area contributed by atoms with Crippen molar-refractivity contribution in [1.82, 2.24) is 29.2 Å². The van der Waals surface area contributed by atoms with E-state index < -0.39 is 33.7 Å². The number of hydrogen-bond acceptors (Lipinski definition) is 7. The molecule has 0 aromatic carbocycles. The second-order valence-electron chi connectivity index (χ2n) is 14.2. The van der Waals surface area contributed by atoms with E-state index in [-0.39, 0.29) is 0 Å². The SMILES string of the molecule is Cc1ccn2c(-c3ccc(NC(=O)C(C)N(C)C(=O)OC(C)(C)C)nc3C#CS(C(C)C)(C(C)C)C(C)C)c(-c3cnc(C)nc3)nc2c1. The van der Waals surface area contributed by atoms with E-state index in [4.69, 9.17) is 14.7 Å². The van der Waals surface area contributed by atoms with Crippen LogP contribution in [0.25, 0.3) is 28.2 Å². The third kappa shape index (κ3) is 8.07. The Morgan fingerprint density at radius 3 is 2.12 bits per heavy atom. The normalized spacial score (nSPS) is 13.0. The largest absolute Gasteiger partial charge is 0.444 e. The standard InChI is InChI=1S/C38H51N7O3S/c1-23(2)49(24(3)4,25(5)6)19-17-31-30(14-15-32(41-31)42-36(46)27(8)44(13)37(47)48-38(10,11)12)35-34(29-21-39-28(9)40-22-29)43-33-20-26(7)16-18-45(33)35/h14-16,18,20-25,27H,1-13H3,(H,41,42,46). The zero-order valence-corrected chi connectivity index (χ0v) is 32.0. The minimum atomic E-state index is -1.42. The van der Waals surface area contributed by atoms with Crippen molar-refractivity contribution in [3.8, 4) is 33.7 Å². The van der Waals surface area contributed by atoms with Crippen molar-refractivity contribution in [2.24, 2.45) is 0 Å². The van der Waals surface area contributed by atoms with Crippen LogP contribution in [0.2, 0.25) is 0 Å². The number of carbonyl (C=O) groups excluding carboxylic acids is 2. The summed E-state index contributed by atoms with van der Waals surface area (Å²) in [6.07, 6.45) is 4.97. The number of amides is 2. The summed E-state index contributed by atoms with van der Waals surface area (Å²) in [5.41, 5.74) is 4.71. The number of imidazole rings is 1. The molecule has 4 rings (SSSR count). The summed E-state index contributed by atoms with van der Waals surface area (Å²) in [5.74, 6) is 4.12. The summed E-state index contributed by atoms with van der Waals surface area (Å²) >= 11 is 0. The van der Waals surface area contributed by atoms with Gasteiger partial charge >= 0.3 is 6.09 Å². The molecule has 0 radical (unpaired) electrons. The van der Waals surface area contributed by atoms with E-state index in [1.54, 1.807) is 53.2 Å². The summed E-state index contributed by atoms with van der Waals surface area (Å²) in [6, 6.07) is 6.93. The van der Waals surface area contributed by atoms with Crippen molar-refractivity contribution in [2.75, 3.05) is 12.4 Å². The maximum atomic E-state index is 13.4. The molecule has 0 fully saturated rings. The van der Waals surface area contributed by atoms with Gasteiger partial charge in [-0.3, -0.25) is 14.1 Å². The minimum absolute atomic E-state index is 0.326. The molecule has 0 aliphatic rings. The van der Waals surface area contributed by atoms with Crippen LogP contribution in [0.4, 0.5) is 10.6 Å². The van der Waals surface area contributed by atoms with Crippen LogP contribution in [-0.4, -0.2) is 75.7 Å². The summed E-state index contributed by atoms with van der Waals surface area (Å²) in [7, 11) is 0.123. The first-order valence-corrected chi connectivity index (χ1v) is 18.6. The van der Waals surface area contributed by atoms with Crippen LogP contribution in [-0.2, 0) is 9.53 Å². The molecule has 1 unspecified atom stereocenters. The molecule has 0 aliphatic carbocycles. The van der Waals surface area contributed by atoms with Crippen LogP contribution in [0, 0.1) is 25.0 Å². The monoisotopic (exact) mass is 685 g/mol. The lowest BCUT2D eigenvalue weighted by atomic mass is 10.1. The van der Waals surface area contributed by atoms with Gasteiger partial charge in [0, 0.05) is 36.8 Å². The number of pyridine rings is 2. The van der Waals surface area contributed by atoms with Gasteiger partial charge in [-0.2, -0.15) is 10.0 Å². The molecule has 10 nitrogen and oxygen atoms in total. The van der Waals surface area contributed by atoms with Crippen LogP contribution < -0.4 is 5.32 Å². The Morgan fingerprint density at radius 2 is 1.55 bits per heavy atom. The highest BCUT2D eigenvalue weighted by Crippen LogP contribution is 2.59. The zero-order valence-electron chi connectivity index (χ0n) is 31.2. The van der Waals surface area contributed by atoms with Gasteiger partial charge in [0.05, 0.1) is 5.69 Å². The molecule has 4 heterocycles. The highest BCUT2D eigenvalue weighted by Gasteiger charge is 2.33. The highest BCUT2D eigenvalue weighted by molar-refractivity contribution is 8.38. The number of anilines is 1. The molecule has 0 aliphatic heterocycles. The predicted molar refractivity (Wildman–Crippen MR) is 201 cm³/mol. The average molecular weight is 686 g/mol. The van der Waals surface area contributed by atoms with Crippen LogP contribution in [0.5, 0.6) is 0 Å². The van der Waals surface area contributed by atoms with Gasteiger partial charge in [-0.25, -0.2) is 24.7 Å². The van der Waals surface area contributed by atoms with Gasteiger partial charge in [-0.15, -0.1) is 0 Å². The Balaban J connectivity index is 1.92. The van der Waals surface area contributed by atoms with Crippen molar-refractivity contribution < 1.29 is 14.3 Å². The fourth-order valence-corrected chi connectivity index (χ4v) is 10.2. The van der Waals surface area contributed by atoms with Crippen LogP contribution in [0.15, 0.2) is 42.9 Å². The van der Waals surface area contributed by atoms with Gasteiger partial charge in [0.1, 0.15) is 40.3 Å². The quantitative estimate of drug-likeness (QED) is 0.187. The second-order valence-corrected chi connectivity index (χ2v) is 18.8. The summed E-state index contributed by atoms with van der Waals surface area (Å²) in [5, 5.41) is 7.75. The molecule has 1 N–H and O–H groups in total. The fraction of sp³-hybridized carbons (Fsp3) is 0.474. The smallest absolute Gasteiger partial charge is 0.410 e. The van der Waals surface area contributed by atoms with Crippen LogP contribution in [0.3, 0.4) is 0 Å². The first-order valence-electron chi connectivity index (χ1n) is 16.7. The number of rotatable bonds is 8. The molecule has 1 atom stereocenters. The predicted octanol–water partition coefficient (Wildman–Crippen LogP) is 8.00. The first kappa shape index (κ1) is 37.4. The minimum Gasteiger partial charge on any atom is -0.444 e. The van der Waals surface area contributed by atoms with Crippen molar-refractivity contribution in [1.29, 1.82) is 0 Å². The lowest BCUT2D eigenvalue weighted by Gasteiger charge is -2.46. The molecule has 4 aromatic rings. The third-order valence-corrected chi connectivity index (χ3v) is 13.7. The number of aryl methyl sites for hydroxylation is 2. The molecule has 0 bridgehead atoms. The van der Waals surface area contributed by atoms with Crippen molar-refractivity contribution in [2.45, 2.75) is 110 Å². The molecule has 262 valence electrons. The number of fused-ring (bicyclic) bond motifs is 1. The summed E-state index contributed by atoms with van der Waals surface area (Å²) in [6.45, 7) is 24.4. The zero-order chi connectivity index (χ0) is 36.4. The Hall–Kier alpha value is -4.43. The third-order valence-electron chi connectivity index (χ3n) is 8.57. The van der Waals surface area contributed by atoms with E-state index in [2.05, 4.69) is 68.0 Å². The molecule has 0 spiro atoms. The molecular formula is C38H51N7O3S. The first-order chi connectivity index (χ1) is 22.8. The molecule has 0 saturated carbocycles. The van der Waals surface area contributed by atoms with E-state index in [0.717, 1.165) is 28.0 Å². The van der Waals surface area contributed by atoms with Gasteiger partial charge in [0.15, 0.2) is 0 Å². The molecule has 49 heavy (non-hydrogen) atoms. The number of nitrogens with one attached hydrogen (secondary N) is 1. The topological polar surface area (TPSA) is 115 Å². The average Bonchev–Trinajstić information content (AvgIpc) is 3.37. The Bertz CT molecular complexity index is 1870. The van der Waals surface area contributed by atoms with Crippen LogP contribution in [0.1, 0.15) is 86.3 Å². The van der Waals surface area contributed by atoms with E-state index in [9.17, 15) is 9.59 Å². The van der Waals surface area contributed by atoms with E-state index in [1.807, 2.05) is 42.6 Å². The van der Waals surface area contributed by atoms with Crippen molar-refractivity contribution >= 4 is 33.5 Å². The van der Waals surface area contributed by atoms with Crippen LogP contribution >= 0.6 is 10.0 Å². The molecular weight excluding hydrogens is 635 g/mol. The van der Waals surface area contributed by atoms with Crippen molar-refractivity contribution in [3.63, 3.8) is 0 Å². The van der Waals surface area contributed by atoms with Gasteiger partial charge in [0.2, 0.25) is 5.91 Å². The number of aromatic nitrogens is 5. The van der Waals surface area contributed by atoms with Crippen molar-refractivity contribution in [3.05, 3.63) is 59.9 Å². The molecule has 4 aromatic heterocycles. The van der Waals surface area contributed by atoms with Gasteiger partial charge in [-0.1, -0.05) is 41.5 Å². The number of hydrogen-bond donors (Lipinski definition) is 1. The molecule has 0 saturated heterocycles. The lowest BCUT2D eigenvalue weighted by Crippen LogP contribution is -2.45. The molecule has 11 heteroatoms. The number of ether oxygens (including phenoxy) is 1. The second kappa shape index (κ2) is 14.6. The van der Waals surface area contributed by atoms with E-state index in [0.29, 0.717) is 38.8 Å². The fourth-order valence-electron chi connectivity index (χ4n) is 5.96. The Morgan fingerprint density at radius 1 is 0.939 bits per heavy atom. The number of nitrogens with zero attached hydrogens (tertiary/aromatic N) is 6. The Labute approximate surface area is 292 Å². The maximum absolute atomic E-state index is 13.4. The van der Waals surface area contributed by atoms with Gasteiger partial charge in [-0.05, 0) is 98.3 Å². The Kier molecular flexibility index (Phi) is 11.1. The van der Waals surface area contributed by atoms with Gasteiger partial charge in [0.25, 0.3) is 0 Å². The lowest BCUT2D eigenvalue weighted by molar-refractivity contribution is -0.120.